The van der Waals surface area contributed by atoms with Crippen molar-refractivity contribution in [3.63, 3.8) is 0 Å². The zero-order chi connectivity index (χ0) is 24.2. The van der Waals surface area contributed by atoms with Gasteiger partial charge >= 0.3 is 12.1 Å². The number of benzene rings is 2. The van der Waals surface area contributed by atoms with Gasteiger partial charge in [-0.05, 0) is 69.3 Å². The van der Waals surface area contributed by atoms with E-state index in [2.05, 4.69) is 4.90 Å². The van der Waals surface area contributed by atoms with Gasteiger partial charge in [-0.15, -0.1) is 0 Å². The standard InChI is InChI=1S/C24H28FN3O5/c1-24(2,3)33-23(32)27-14-12-26(13-15-27)19-8-10-20(11-9-19)28(16-21(29)30)22(31)17-4-6-18(25)7-5-17/h4-11H,12-16H2,1-3H3,(H,29,30). The molecule has 1 heterocycles. The molecule has 1 fully saturated rings. The Bertz CT molecular complexity index is 994. The van der Waals surface area contributed by atoms with Gasteiger partial charge in [0.1, 0.15) is 18.0 Å². The molecule has 33 heavy (non-hydrogen) atoms. The van der Waals surface area contributed by atoms with Crippen LogP contribution in [0.15, 0.2) is 48.5 Å². The fourth-order valence-corrected chi connectivity index (χ4v) is 3.48. The molecule has 1 saturated heterocycles. The Labute approximate surface area is 192 Å². The number of anilines is 2. The molecule has 0 aliphatic carbocycles. The van der Waals surface area contributed by atoms with Crippen LogP contribution < -0.4 is 9.80 Å². The van der Waals surface area contributed by atoms with Crippen LogP contribution in [0, 0.1) is 5.82 Å². The predicted octanol–water partition coefficient (Wildman–Crippen LogP) is 3.61. The second kappa shape index (κ2) is 9.89. The van der Waals surface area contributed by atoms with E-state index in [1.807, 2.05) is 32.9 Å². The molecule has 2 aromatic carbocycles. The summed E-state index contributed by atoms with van der Waals surface area (Å²) in [5.74, 6) is -2.17. The minimum absolute atomic E-state index is 0.194. The molecular weight excluding hydrogens is 429 g/mol. The van der Waals surface area contributed by atoms with E-state index in [-0.39, 0.29) is 11.7 Å². The summed E-state index contributed by atoms with van der Waals surface area (Å²) in [6, 6.07) is 11.9. The van der Waals surface area contributed by atoms with E-state index in [0.29, 0.717) is 31.9 Å². The molecule has 0 radical (unpaired) electrons. The monoisotopic (exact) mass is 457 g/mol. The minimum Gasteiger partial charge on any atom is -0.480 e. The lowest BCUT2D eigenvalue weighted by molar-refractivity contribution is -0.135. The quantitative estimate of drug-likeness (QED) is 0.738. The van der Waals surface area contributed by atoms with Gasteiger partial charge in [-0.25, -0.2) is 9.18 Å². The molecule has 9 heteroatoms. The first kappa shape index (κ1) is 24.0. The third kappa shape index (κ3) is 6.44. The highest BCUT2D eigenvalue weighted by atomic mass is 19.1. The Morgan fingerprint density at radius 1 is 0.970 bits per heavy atom. The molecule has 0 bridgehead atoms. The van der Waals surface area contributed by atoms with E-state index in [0.717, 1.165) is 22.7 Å². The second-order valence-electron chi connectivity index (χ2n) is 8.76. The van der Waals surface area contributed by atoms with Crippen molar-refractivity contribution in [1.29, 1.82) is 0 Å². The lowest BCUT2D eigenvalue weighted by Gasteiger charge is -2.36. The van der Waals surface area contributed by atoms with Gasteiger partial charge in [0.15, 0.2) is 0 Å². The Hall–Kier alpha value is -3.62. The Kier molecular flexibility index (Phi) is 7.20. The van der Waals surface area contributed by atoms with Crippen molar-refractivity contribution in [1.82, 2.24) is 4.90 Å². The molecule has 0 spiro atoms. The fraction of sp³-hybridized carbons (Fsp3) is 0.375. The van der Waals surface area contributed by atoms with Crippen molar-refractivity contribution in [3.8, 4) is 0 Å². The molecule has 2 aromatic rings. The van der Waals surface area contributed by atoms with Gasteiger partial charge < -0.3 is 19.6 Å². The van der Waals surface area contributed by atoms with Gasteiger partial charge in [0.25, 0.3) is 5.91 Å². The van der Waals surface area contributed by atoms with Crippen LogP contribution in [0.5, 0.6) is 0 Å². The van der Waals surface area contributed by atoms with Crippen LogP contribution in [0.1, 0.15) is 31.1 Å². The first-order valence-electron chi connectivity index (χ1n) is 10.7. The first-order chi connectivity index (χ1) is 15.5. The highest BCUT2D eigenvalue weighted by molar-refractivity contribution is 6.08. The van der Waals surface area contributed by atoms with Gasteiger partial charge in [0, 0.05) is 43.1 Å². The molecule has 0 atom stereocenters. The number of nitrogens with zero attached hydrogens (tertiary/aromatic N) is 3. The molecule has 0 aromatic heterocycles. The zero-order valence-corrected chi connectivity index (χ0v) is 19.0. The third-order valence-electron chi connectivity index (χ3n) is 5.09. The number of carbonyl (C=O) groups excluding carboxylic acids is 2. The number of carboxylic acid groups (broad SMARTS) is 1. The maximum Gasteiger partial charge on any atom is 0.410 e. The summed E-state index contributed by atoms with van der Waals surface area (Å²) < 4.78 is 18.6. The molecule has 1 aliphatic heterocycles. The maximum atomic E-state index is 13.2. The van der Waals surface area contributed by atoms with Crippen molar-refractivity contribution < 1.29 is 28.6 Å². The lowest BCUT2D eigenvalue weighted by atomic mass is 10.1. The molecular formula is C24H28FN3O5. The number of rotatable bonds is 5. The summed E-state index contributed by atoms with van der Waals surface area (Å²) in [4.78, 5) is 41.4. The van der Waals surface area contributed by atoms with Gasteiger partial charge in [0.2, 0.25) is 0 Å². The number of hydrogen-bond acceptors (Lipinski definition) is 5. The number of amides is 2. The molecule has 1 aliphatic rings. The average Bonchev–Trinajstić information content (AvgIpc) is 2.76. The van der Waals surface area contributed by atoms with E-state index >= 15 is 0 Å². The minimum atomic E-state index is -1.16. The number of hydrogen-bond donors (Lipinski definition) is 1. The van der Waals surface area contributed by atoms with Gasteiger partial charge in [-0.2, -0.15) is 0 Å². The number of ether oxygens (including phenoxy) is 1. The van der Waals surface area contributed by atoms with Crippen molar-refractivity contribution in [2.75, 3.05) is 42.5 Å². The van der Waals surface area contributed by atoms with Gasteiger partial charge in [0.05, 0.1) is 0 Å². The second-order valence-corrected chi connectivity index (χ2v) is 8.76. The van der Waals surface area contributed by atoms with Crippen molar-refractivity contribution >= 4 is 29.3 Å². The predicted molar refractivity (Wildman–Crippen MR) is 122 cm³/mol. The topological polar surface area (TPSA) is 90.4 Å². The number of halogens is 1. The number of carboxylic acids is 1. The summed E-state index contributed by atoms with van der Waals surface area (Å²) in [5, 5.41) is 9.28. The van der Waals surface area contributed by atoms with Gasteiger partial charge in [-0.1, -0.05) is 0 Å². The molecule has 1 N–H and O–H groups in total. The van der Waals surface area contributed by atoms with Crippen LogP contribution in [-0.2, 0) is 9.53 Å². The van der Waals surface area contributed by atoms with Crippen LogP contribution in [0.3, 0.4) is 0 Å². The fourth-order valence-electron chi connectivity index (χ4n) is 3.48. The van der Waals surface area contributed by atoms with E-state index in [9.17, 15) is 23.9 Å². The van der Waals surface area contributed by atoms with Crippen LogP contribution in [0.2, 0.25) is 0 Å². The maximum absolute atomic E-state index is 13.2. The van der Waals surface area contributed by atoms with Crippen LogP contribution in [-0.4, -0.2) is 66.3 Å². The van der Waals surface area contributed by atoms with E-state index < -0.39 is 29.8 Å². The molecule has 0 saturated carbocycles. The lowest BCUT2D eigenvalue weighted by Crippen LogP contribution is -2.50. The van der Waals surface area contributed by atoms with Crippen LogP contribution in [0.25, 0.3) is 0 Å². The summed E-state index contributed by atoms with van der Waals surface area (Å²) >= 11 is 0. The van der Waals surface area contributed by atoms with Crippen molar-refractivity contribution in [3.05, 3.63) is 59.9 Å². The summed E-state index contributed by atoms with van der Waals surface area (Å²) in [5.41, 5.74) is 0.965. The number of aliphatic carboxylic acids is 1. The smallest absolute Gasteiger partial charge is 0.410 e. The van der Waals surface area contributed by atoms with E-state index in [1.165, 1.54) is 12.1 Å². The molecule has 3 rings (SSSR count). The first-order valence-corrected chi connectivity index (χ1v) is 10.7. The van der Waals surface area contributed by atoms with E-state index in [1.54, 1.807) is 17.0 Å². The normalized spacial score (nSPS) is 14.1. The molecule has 176 valence electrons. The summed E-state index contributed by atoms with van der Waals surface area (Å²) in [6.45, 7) is 7.24. The Morgan fingerprint density at radius 3 is 2.06 bits per heavy atom. The van der Waals surface area contributed by atoms with E-state index in [4.69, 9.17) is 4.74 Å². The summed E-state index contributed by atoms with van der Waals surface area (Å²) in [7, 11) is 0. The van der Waals surface area contributed by atoms with Gasteiger partial charge in [-0.3, -0.25) is 14.5 Å². The van der Waals surface area contributed by atoms with Crippen LogP contribution in [0.4, 0.5) is 20.6 Å². The zero-order valence-electron chi connectivity index (χ0n) is 19.0. The number of piperazine rings is 1. The van der Waals surface area contributed by atoms with Crippen LogP contribution >= 0.6 is 0 Å². The van der Waals surface area contributed by atoms with Crippen molar-refractivity contribution in [2.45, 2.75) is 26.4 Å². The average molecular weight is 458 g/mol. The number of carbonyl (C=O) groups is 3. The SMILES string of the molecule is CC(C)(C)OC(=O)N1CCN(c2ccc(N(CC(=O)O)C(=O)c3ccc(F)cc3)cc2)CC1. The Balaban J connectivity index is 1.68. The molecule has 0 unspecified atom stereocenters. The van der Waals surface area contributed by atoms with Crippen molar-refractivity contribution in [2.24, 2.45) is 0 Å². The largest absolute Gasteiger partial charge is 0.480 e. The molecule has 2 amide bonds. The highest BCUT2D eigenvalue weighted by Gasteiger charge is 2.26. The molecule has 8 nitrogen and oxygen atoms in total. The Morgan fingerprint density at radius 2 is 1.55 bits per heavy atom. The third-order valence-corrected chi connectivity index (χ3v) is 5.09. The summed E-state index contributed by atoms with van der Waals surface area (Å²) in [6.07, 6.45) is -0.332. The highest BCUT2D eigenvalue weighted by Crippen LogP contribution is 2.24.